The van der Waals surface area contributed by atoms with E-state index in [1.165, 1.54) is 13.4 Å². The third kappa shape index (κ3) is 2.88. The van der Waals surface area contributed by atoms with Crippen molar-refractivity contribution in [3.63, 3.8) is 0 Å². The zero-order chi connectivity index (χ0) is 12.1. The van der Waals surface area contributed by atoms with Crippen LogP contribution in [-0.2, 0) is 17.8 Å². The van der Waals surface area contributed by atoms with Crippen molar-refractivity contribution in [2.75, 3.05) is 7.11 Å². The summed E-state index contributed by atoms with van der Waals surface area (Å²) in [4.78, 5) is 11.2. The second-order valence-electron chi connectivity index (χ2n) is 3.22. The van der Waals surface area contributed by atoms with Gasteiger partial charge in [-0.2, -0.15) is 5.21 Å². The third-order valence-corrected chi connectivity index (χ3v) is 2.05. The molecule has 0 bridgehead atoms. The Labute approximate surface area is 96.3 Å². The lowest BCUT2D eigenvalue weighted by molar-refractivity contribution is 0.0600. The first-order valence-corrected chi connectivity index (χ1v) is 4.88. The molecule has 2 aromatic rings. The molecule has 0 spiro atoms. The normalized spacial score (nSPS) is 10.4. The number of aromatic nitrogens is 4. The lowest BCUT2D eigenvalue weighted by atomic mass is 10.3. The molecule has 0 saturated carbocycles. The minimum Gasteiger partial charge on any atom is -0.467 e. The van der Waals surface area contributed by atoms with Crippen molar-refractivity contribution >= 4 is 5.97 Å². The van der Waals surface area contributed by atoms with Crippen molar-refractivity contribution < 1.29 is 13.9 Å². The number of nitrogens with one attached hydrogen (secondary N) is 2. The fourth-order valence-corrected chi connectivity index (χ4v) is 1.25. The van der Waals surface area contributed by atoms with Crippen LogP contribution in [0, 0.1) is 0 Å². The molecular weight excluding hydrogens is 226 g/mol. The standard InChI is InChI=1S/C9H11N5O3/c1-16-9(15)6-2-7(17-5-6)3-10-4-8-11-13-14-12-8/h2,5,10H,3-4H2,1H3,(H,11,12,13,14). The number of esters is 1. The second-order valence-corrected chi connectivity index (χ2v) is 3.22. The number of rotatable bonds is 5. The van der Waals surface area contributed by atoms with Crippen LogP contribution in [0.15, 0.2) is 16.7 Å². The Kier molecular flexibility index (Phi) is 3.46. The number of ether oxygens (including phenoxy) is 1. The summed E-state index contributed by atoms with van der Waals surface area (Å²) in [6.45, 7) is 0.927. The van der Waals surface area contributed by atoms with Gasteiger partial charge in [-0.05, 0) is 6.07 Å². The van der Waals surface area contributed by atoms with Crippen molar-refractivity contribution in [3.05, 3.63) is 29.5 Å². The van der Waals surface area contributed by atoms with Crippen LogP contribution in [0.4, 0.5) is 0 Å². The van der Waals surface area contributed by atoms with Gasteiger partial charge in [0.15, 0.2) is 5.82 Å². The Hall–Kier alpha value is -2.22. The molecule has 17 heavy (non-hydrogen) atoms. The van der Waals surface area contributed by atoms with E-state index in [0.29, 0.717) is 30.2 Å². The fraction of sp³-hybridized carbons (Fsp3) is 0.333. The first-order chi connectivity index (χ1) is 8.29. The SMILES string of the molecule is COC(=O)c1coc(CNCc2nn[nH]n2)c1. The summed E-state index contributed by atoms with van der Waals surface area (Å²) >= 11 is 0. The highest BCUT2D eigenvalue weighted by molar-refractivity contribution is 5.88. The number of nitrogens with zero attached hydrogens (tertiary/aromatic N) is 3. The lowest BCUT2D eigenvalue weighted by Gasteiger charge is -1.97. The van der Waals surface area contributed by atoms with Crippen molar-refractivity contribution in [2.24, 2.45) is 0 Å². The summed E-state index contributed by atoms with van der Waals surface area (Å²) in [5, 5.41) is 16.4. The molecule has 0 amide bonds. The number of furan rings is 1. The van der Waals surface area contributed by atoms with E-state index in [0.717, 1.165) is 0 Å². The first kappa shape index (κ1) is 11.3. The van der Waals surface area contributed by atoms with E-state index in [4.69, 9.17) is 4.42 Å². The molecule has 0 atom stereocenters. The fourth-order valence-electron chi connectivity index (χ4n) is 1.25. The molecule has 2 rings (SSSR count). The second kappa shape index (κ2) is 5.21. The Morgan fingerprint density at radius 3 is 3.18 bits per heavy atom. The van der Waals surface area contributed by atoms with E-state index >= 15 is 0 Å². The minimum atomic E-state index is -0.418. The molecule has 0 unspecified atom stereocenters. The number of methoxy groups -OCH3 is 1. The average molecular weight is 237 g/mol. The molecule has 0 aromatic carbocycles. The first-order valence-electron chi connectivity index (χ1n) is 4.88. The maximum absolute atomic E-state index is 11.2. The highest BCUT2D eigenvalue weighted by atomic mass is 16.5. The van der Waals surface area contributed by atoms with Gasteiger partial charge in [0.05, 0.1) is 25.8 Å². The maximum atomic E-state index is 11.2. The van der Waals surface area contributed by atoms with Crippen molar-refractivity contribution in [2.45, 2.75) is 13.1 Å². The maximum Gasteiger partial charge on any atom is 0.341 e. The summed E-state index contributed by atoms with van der Waals surface area (Å²) in [6.07, 6.45) is 1.36. The van der Waals surface area contributed by atoms with Crippen LogP contribution in [0.5, 0.6) is 0 Å². The smallest absolute Gasteiger partial charge is 0.341 e. The molecular formula is C9H11N5O3. The Morgan fingerprint density at radius 1 is 1.59 bits per heavy atom. The summed E-state index contributed by atoms with van der Waals surface area (Å²) in [6, 6.07) is 1.62. The predicted molar refractivity (Wildman–Crippen MR) is 54.8 cm³/mol. The zero-order valence-electron chi connectivity index (χ0n) is 9.14. The van der Waals surface area contributed by atoms with E-state index in [1.807, 2.05) is 0 Å². The van der Waals surface area contributed by atoms with Crippen molar-refractivity contribution in [1.29, 1.82) is 0 Å². The third-order valence-electron chi connectivity index (χ3n) is 2.05. The molecule has 2 aromatic heterocycles. The molecule has 0 fully saturated rings. The van der Waals surface area contributed by atoms with Gasteiger partial charge in [-0.25, -0.2) is 4.79 Å². The van der Waals surface area contributed by atoms with Gasteiger partial charge in [0.25, 0.3) is 0 Å². The number of carbonyl (C=O) groups is 1. The number of tetrazole rings is 1. The summed E-state index contributed by atoms with van der Waals surface area (Å²) in [5.74, 6) is 0.775. The Balaban J connectivity index is 1.83. The molecule has 90 valence electrons. The Morgan fingerprint density at radius 2 is 2.47 bits per heavy atom. The number of aromatic amines is 1. The van der Waals surface area contributed by atoms with Gasteiger partial charge >= 0.3 is 5.97 Å². The summed E-state index contributed by atoms with van der Waals surface area (Å²) < 4.78 is 9.74. The van der Waals surface area contributed by atoms with Gasteiger partial charge in [-0.3, -0.25) is 0 Å². The van der Waals surface area contributed by atoms with Gasteiger partial charge in [-0.1, -0.05) is 5.21 Å². The molecule has 0 aliphatic carbocycles. The van der Waals surface area contributed by atoms with Crippen LogP contribution in [-0.4, -0.2) is 33.7 Å². The quantitative estimate of drug-likeness (QED) is 0.697. The van der Waals surface area contributed by atoms with E-state index in [9.17, 15) is 4.79 Å². The minimum absolute atomic E-state index is 0.392. The van der Waals surface area contributed by atoms with Crippen LogP contribution < -0.4 is 5.32 Å². The van der Waals surface area contributed by atoms with Gasteiger partial charge in [-0.15, -0.1) is 10.2 Å². The van der Waals surface area contributed by atoms with Crippen LogP contribution in [0.3, 0.4) is 0 Å². The topological polar surface area (TPSA) is 106 Å². The summed E-state index contributed by atoms with van der Waals surface area (Å²) in [5.41, 5.74) is 0.392. The Bertz CT molecular complexity index is 479. The molecule has 8 nitrogen and oxygen atoms in total. The van der Waals surface area contributed by atoms with E-state index in [2.05, 4.69) is 30.7 Å². The van der Waals surface area contributed by atoms with Gasteiger partial charge < -0.3 is 14.5 Å². The molecule has 2 N–H and O–H groups in total. The monoisotopic (exact) mass is 237 g/mol. The number of carbonyl (C=O) groups excluding carboxylic acids is 1. The van der Waals surface area contributed by atoms with Crippen LogP contribution in [0.1, 0.15) is 21.9 Å². The zero-order valence-corrected chi connectivity index (χ0v) is 9.14. The van der Waals surface area contributed by atoms with E-state index in [1.54, 1.807) is 6.07 Å². The number of hydrogen-bond acceptors (Lipinski definition) is 7. The van der Waals surface area contributed by atoms with Crippen LogP contribution in [0.25, 0.3) is 0 Å². The van der Waals surface area contributed by atoms with Crippen molar-refractivity contribution in [1.82, 2.24) is 25.9 Å². The van der Waals surface area contributed by atoms with E-state index in [-0.39, 0.29) is 0 Å². The number of hydrogen-bond donors (Lipinski definition) is 2. The van der Waals surface area contributed by atoms with Crippen LogP contribution in [0.2, 0.25) is 0 Å². The molecule has 0 radical (unpaired) electrons. The summed E-state index contributed by atoms with van der Waals surface area (Å²) in [7, 11) is 1.32. The molecule has 0 aliphatic heterocycles. The highest BCUT2D eigenvalue weighted by Gasteiger charge is 2.09. The molecule has 8 heteroatoms. The average Bonchev–Trinajstić information content (AvgIpc) is 2.99. The van der Waals surface area contributed by atoms with E-state index < -0.39 is 5.97 Å². The van der Waals surface area contributed by atoms with Gasteiger partial charge in [0.2, 0.25) is 0 Å². The largest absolute Gasteiger partial charge is 0.467 e. The molecule has 0 saturated heterocycles. The predicted octanol–water partition coefficient (Wildman–Crippen LogP) is -0.131. The number of H-pyrrole nitrogens is 1. The molecule has 2 heterocycles. The molecule has 0 aliphatic rings. The van der Waals surface area contributed by atoms with Crippen LogP contribution >= 0.6 is 0 Å². The van der Waals surface area contributed by atoms with Gasteiger partial charge in [0, 0.05) is 0 Å². The van der Waals surface area contributed by atoms with Crippen molar-refractivity contribution in [3.8, 4) is 0 Å². The van der Waals surface area contributed by atoms with Gasteiger partial charge in [0.1, 0.15) is 12.0 Å². The lowest BCUT2D eigenvalue weighted by Crippen LogP contribution is -2.13. The highest BCUT2D eigenvalue weighted by Crippen LogP contribution is 2.08.